The van der Waals surface area contributed by atoms with Crippen LogP contribution in [0.15, 0.2) is 12.2 Å². The van der Waals surface area contributed by atoms with Gasteiger partial charge >= 0.3 is 0 Å². The molecule has 0 aliphatic rings. The van der Waals surface area contributed by atoms with Gasteiger partial charge in [-0.05, 0) is 46.5 Å². The van der Waals surface area contributed by atoms with Crippen LogP contribution in [0, 0.1) is 0 Å². The highest BCUT2D eigenvalue weighted by atomic mass is 15.3. The molecule has 0 amide bonds. The van der Waals surface area contributed by atoms with Crippen LogP contribution in [0.1, 0.15) is 53.4 Å². The molecule has 0 unspecified atom stereocenters. The maximum absolute atomic E-state index is 2.33. The molecule has 90 valence electrons. The van der Waals surface area contributed by atoms with Crippen molar-refractivity contribution in [2.45, 2.75) is 53.4 Å². The third-order valence-electron chi connectivity index (χ3n) is 3.67. The standard InChI is InChI=1S/C14H30N/c1-5-9-10-11-12-13-14-15(6-2,7-3)8-4/h9-10H,5-8,11-14H2,1-4H3/q+1/b10-9+. The minimum absolute atomic E-state index is 1.18. The lowest BCUT2D eigenvalue weighted by molar-refractivity contribution is -0.923. The molecule has 0 fully saturated rings. The van der Waals surface area contributed by atoms with Gasteiger partial charge in [0.2, 0.25) is 0 Å². The molecule has 0 atom stereocenters. The fraction of sp³-hybridized carbons (Fsp3) is 0.857. The smallest absolute Gasteiger partial charge is 0.0786 e. The zero-order valence-corrected chi connectivity index (χ0v) is 11.3. The van der Waals surface area contributed by atoms with Crippen LogP contribution in [-0.2, 0) is 0 Å². The van der Waals surface area contributed by atoms with E-state index in [0.717, 1.165) is 0 Å². The van der Waals surface area contributed by atoms with Gasteiger partial charge in [-0.2, -0.15) is 0 Å². The summed E-state index contributed by atoms with van der Waals surface area (Å²) in [6.45, 7) is 14.4. The van der Waals surface area contributed by atoms with Crippen LogP contribution in [0.5, 0.6) is 0 Å². The number of quaternary nitrogens is 1. The molecule has 0 aromatic heterocycles. The van der Waals surface area contributed by atoms with E-state index in [2.05, 4.69) is 39.8 Å². The molecule has 0 N–H and O–H groups in total. The summed E-state index contributed by atoms with van der Waals surface area (Å²) in [7, 11) is 0. The largest absolute Gasteiger partial charge is 0.324 e. The Morgan fingerprint density at radius 2 is 1.40 bits per heavy atom. The summed E-state index contributed by atoms with van der Waals surface area (Å²) in [5.74, 6) is 0. The van der Waals surface area contributed by atoms with Crippen molar-refractivity contribution >= 4 is 0 Å². The Hall–Kier alpha value is -0.300. The zero-order valence-electron chi connectivity index (χ0n) is 11.3. The van der Waals surface area contributed by atoms with E-state index in [4.69, 9.17) is 0 Å². The van der Waals surface area contributed by atoms with Crippen LogP contribution in [0.3, 0.4) is 0 Å². The average molecular weight is 212 g/mol. The second-order valence-corrected chi connectivity index (χ2v) is 4.39. The normalized spacial score (nSPS) is 12.5. The predicted octanol–water partition coefficient (Wildman–Crippen LogP) is 4.00. The Kier molecular flexibility index (Phi) is 8.79. The Morgan fingerprint density at radius 1 is 0.800 bits per heavy atom. The molecule has 0 bridgehead atoms. The fourth-order valence-electron chi connectivity index (χ4n) is 2.14. The van der Waals surface area contributed by atoms with Gasteiger partial charge in [-0.25, -0.2) is 0 Å². The minimum atomic E-state index is 1.18. The molecule has 0 saturated carbocycles. The van der Waals surface area contributed by atoms with Crippen molar-refractivity contribution in [3.63, 3.8) is 0 Å². The second kappa shape index (κ2) is 8.96. The SMILES string of the molecule is CC/C=C/CCCC[N+](CC)(CC)CC. The Bertz CT molecular complexity index is 148. The quantitative estimate of drug-likeness (QED) is 0.308. The number of nitrogens with zero attached hydrogens (tertiary/aromatic N) is 1. The Labute approximate surface area is 96.8 Å². The van der Waals surface area contributed by atoms with E-state index in [1.165, 1.54) is 56.3 Å². The topological polar surface area (TPSA) is 0 Å². The molecular weight excluding hydrogens is 182 g/mol. The predicted molar refractivity (Wildman–Crippen MR) is 70.0 cm³/mol. The molecule has 1 heteroatoms. The summed E-state index contributed by atoms with van der Waals surface area (Å²) in [5.41, 5.74) is 0. The molecule has 0 aromatic rings. The molecule has 15 heavy (non-hydrogen) atoms. The molecule has 0 saturated heterocycles. The van der Waals surface area contributed by atoms with E-state index in [-0.39, 0.29) is 0 Å². The van der Waals surface area contributed by atoms with Crippen LogP contribution >= 0.6 is 0 Å². The van der Waals surface area contributed by atoms with Gasteiger partial charge in [0.1, 0.15) is 0 Å². The van der Waals surface area contributed by atoms with E-state index in [9.17, 15) is 0 Å². The molecule has 1 nitrogen and oxygen atoms in total. The lowest BCUT2D eigenvalue weighted by Crippen LogP contribution is -2.48. The number of unbranched alkanes of at least 4 members (excludes halogenated alkanes) is 2. The van der Waals surface area contributed by atoms with Crippen LogP contribution in [0.2, 0.25) is 0 Å². The molecule has 0 aliphatic carbocycles. The van der Waals surface area contributed by atoms with E-state index in [0.29, 0.717) is 0 Å². The van der Waals surface area contributed by atoms with Crippen molar-refractivity contribution in [1.82, 2.24) is 0 Å². The Morgan fingerprint density at radius 3 is 1.87 bits per heavy atom. The van der Waals surface area contributed by atoms with Gasteiger partial charge in [0.05, 0.1) is 26.2 Å². The highest BCUT2D eigenvalue weighted by molar-refractivity contribution is 4.79. The van der Waals surface area contributed by atoms with Gasteiger partial charge < -0.3 is 4.48 Å². The van der Waals surface area contributed by atoms with E-state index < -0.39 is 0 Å². The van der Waals surface area contributed by atoms with Gasteiger partial charge in [0.15, 0.2) is 0 Å². The number of hydrogen-bond acceptors (Lipinski definition) is 0. The first-order valence-electron chi connectivity index (χ1n) is 6.74. The number of hydrogen-bond donors (Lipinski definition) is 0. The lowest BCUT2D eigenvalue weighted by Gasteiger charge is -2.35. The van der Waals surface area contributed by atoms with Gasteiger partial charge in [-0.1, -0.05) is 19.1 Å². The maximum atomic E-state index is 2.33. The number of rotatable bonds is 9. The van der Waals surface area contributed by atoms with E-state index >= 15 is 0 Å². The van der Waals surface area contributed by atoms with Gasteiger partial charge in [-0.15, -0.1) is 0 Å². The van der Waals surface area contributed by atoms with Crippen LogP contribution < -0.4 is 0 Å². The van der Waals surface area contributed by atoms with Gasteiger partial charge in [0.25, 0.3) is 0 Å². The van der Waals surface area contributed by atoms with Crippen LogP contribution in [-0.4, -0.2) is 30.7 Å². The summed E-state index contributed by atoms with van der Waals surface area (Å²) in [5, 5.41) is 0. The van der Waals surface area contributed by atoms with Gasteiger partial charge in [-0.3, -0.25) is 0 Å². The summed E-state index contributed by atoms with van der Waals surface area (Å²) in [4.78, 5) is 0. The Balaban J connectivity index is 3.67. The third-order valence-corrected chi connectivity index (χ3v) is 3.67. The first-order valence-corrected chi connectivity index (χ1v) is 6.74. The van der Waals surface area contributed by atoms with E-state index in [1.807, 2.05) is 0 Å². The molecule has 0 radical (unpaired) electrons. The third kappa shape index (κ3) is 5.99. The first-order chi connectivity index (χ1) is 7.24. The molecule has 0 aromatic carbocycles. The maximum Gasteiger partial charge on any atom is 0.0786 e. The molecule has 0 aliphatic heterocycles. The minimum Gasteiger partial charge on any atom is -0.324 e. The lowest BCUT2D eigenvalue weighted by atomic mass is 10.2. The fourth-order valence-corrected chi connectivity index (χ4v) is 2.14. The summed E-state index contributed by atoms with van der Waals surface area (Å²) in [6.07, 6.45) is 9.80. The second-order valence-electron chi connectivity index (χ2n) is 4.39. The first kappa shape index (κ1) is 14.7. The van der Waals surface area contributed by atoms with Crippen LogP contribution in [0.25, 0.3) is 0 Å². The van der Waals surface area contributed by atoms with Crippen molar-refractivity contribution in [1.29, 1.82) is 0 Å². The number of allylic oxidation sites excluding steroid dienone is 2. The highest BCUT2D eigenvalue weighted by Crippen LogP contribution is 2.09. The molecule has 0 rings (SSSR count). The van der Waals surface area contributed by atoms with Crippen molar-refractivity contribution in [3.05, 3.63) is 12.2 Å². The van der Waals surface area contributed by atoms with Crippen molar-refractivity contribution in [3.8, 4) is 0 Å². The van der Waals surface area contributed by atoms with E-state index in [1.54, 1.807) is 0 Å². The van der Waals surface area contributed by atoms with Crippen LogP contribution in [0.4, 0.5) is 0 Å². The van der Waals surface area contributed by atoms with Crippen molar-refractivity contribution in [2.24, 2.45) is 0 Å². The van der Waals surface area contributed by atoms with Crippen molar-refractivity contribution < 1.29 is 4.48 Å². The summed E-state index contributed by atoms with van der Waals surface area (Å²) in [6, 6.07) is 0. The molecule has 0 heterocycles. The highest BCUT2D eigenvalue weighted by Gasteiger charge is 2.19. The zero-order chi connectivity index (χ0) is 11.6. The van der Waals surface area contributed by atoms with Gasteiger partial charge in [0, 0.05) is 0 Å². The molecular formula is C14H30N+. The molecule has 0 spiro atoms. The monoisotopic (exact) mass is 212 g/mol. The summed E-state index contributed by atoms with van der Waals surface area (Å²) >= 11 is 0. The van der Waals surface area contributed by atoms with Crippen molar-refractivity contribution in [2.75, 3.05) is 26.2 Å². The average Bonchev–Trinajstić information content (AvgIpc) is 2.29. The summed E-state index contributed by atoms with van der Waals surface area (Å²) < 4.78 is 1.30.